The van der Waals surface area contributed by atoms with E-state index in [1.54, 1.807) is 12.1 Å². The molecule has 1 fully saturated rings. The van der Waals surface area contributed by atoms with Crippen LogP contribution in [-0.4, -0.2) is 33.6 Å². The standard InChI is InChI=1S/C33H33N3O4S2/c1-20(2)16-17-40-26-7-5-6-25(18-26)28-27(29(37)24-14-10-22(4)11-15-24)30(38)31(39)36(28)32-34-35-33(42-32)41-19-23-12-8-21(3)9-13-23/h5-15,18,20,28,37H,16-17,19H2,1-4H3/b29-27+. The second-order valence-electron chi connectivity index (χ2n) is 10.8. The summed E-state index contributed by atoms with van der Waals surface area (Å²) in [6, 6.07) is 21.9. The minimum absolute atomic E-state index is 0.00671. The normalized spacial score (nSPS) is 16.4. The molecular weight excluding hydrogens is 567 g/mol. The summed E-state index contributed by atoms with van der Waals surface area (Å²) in [5.41, 5.74) is 4.45. The van der Waals surface area contributed by atoms with Crippen molar-refractivity contribution in [1.82, 2.24) is 10.2 Å². The molecule has 1 atom stereocenters. The van der Waals surface area contributed by atoms with Crippen LogP contribution in [0.4, 0.5) is 5.13 Å². The Hall–Kier alpha value is -3.95. The molecular formula is C33H33N3O4S2. The molecule has 1 aliphatic heterocycles. The first kappa shape index (κ1) is 29.5. The van der Waals surface area contributed by atoms with Gasteiger partial charge >= 0.3 is 5.91 Å². The van der Waals surface area contributed by atoms with Crippen molar-refractivity contribution < 1.29 is 19.4 Å². The van der Waals surface area contributed by atoms with Gasteiger partial charge in [0.05, 0.1) is 18.2 Å². The number of nitrogens with zero attached hydrogens (tertiary/aromatic N) is 3. The molecule has 4 aromatic rings. The number of carbonyl (C=O) groups excluding carboxylic acids is 2. The number of aliphatic hydroxyl groups excluding tert-OH is 1. The van der Waals surface area contributed by atoms with Crippen LogP contribution in [0.2, 0.25) is 0 Å². The molecule has 1 amide bonds. The molecule has 2 heterocycles. The number of benzene rings is 3. The zero-order chi connectivity index (χ0) is 29.8. The molecule has 0 spiro atoms. The molecule has 0 aliphatic carbocycles. The zero-order valence-electron chi connectivity index (χ0n) is 24.0. The van der Waals surface area contributed by atoms with Gasteiger partial charge in [-0.1, -0.05) is 109 Å². The Bertz CT molecular complexity index is 1610. The topological polar surface area (TPSA) is 92.6 Å². The lowest BCUT2D eigenvalue weighted by Crippen LogP contribution is -2.29. The van der Waals surface area contributed by atoms with Crippen LogP contribution in [0.25, 0.3) is 5.76 Å². The van der Waals surface area contributed by atoms with Gasteiger partial charge in [0.1, 0.15) is 11.5 Å². The number of Topliss-reactive ketones (excluding diaryl/α,β-unsaturated/α-hetero) is 1. The van der Waals surface area contributed by atoms with Gasteiger partial charge in [0, 0.05) is 11.3 Å². The van der Waals surface area contributed by atoms with Crippen LogP contribution < -0.4 is 9.64 Å². The van der Waals surface area contributed by atoms with E-state index in [1.807, 2.05) is 50.2 Å². The number of ether oxygens (including phenoxy) is 1. The lowest BCUT2D eigenvalue weighted by atomic mass is 9.95. The predicted octanol–water partition coefficient (Wildman–Crippen LogP) is 7.50. The number of aliphatic hydroxyl groups is 1. The summed E-state index contributed by atoms with van der Waals surface area (Å²) in [7, 11) is 0. The maximum Gasteiger partial charge on any atom is 0.301 e. The van der Waals surface area contributed by atoms with E-state index in [-0.39, 0.29) is 11.3 Å². The van der Waals surface area contributed by atoms with Crippen LogP contribution >= 0.6 is 23.1 Å². The van der Waals surface area contributed by atoms with E-state index in [0.29, 0.717) is 44.6 Å². The number of hydrogen-bond acceptors (Lipinski definition) is 8. The van der Waals surface area contributed by atoms with E-state index in [1.165, 1.54) is 33.6 Å². The van der Waals surface area contributed by atoms with Crippen LogP contribution in [0.1, 0.15) is 54.1 Å². The maximum absolute atomic E-state index is 13.6. The number of rotatable bonds is 10. The highest BCUT2D eigenvalue weighted by atomic mass is 32.2. The highest BCUT2D eigenvalue weighted by molar-refractivity contribution is 8.00. The van der Waals surface area contributed by atoms with Crippen molar-refractivity contribution in [3.8, 4) is 5.75 Å². The Morgan fingerprint density at radius 3 is 2.38 bits per heavy atom. The van der Waals surface area contributed by atoms with Crippen molar-refractivity contribution in [2.75, 3.05) is 11.5 Å². The van der Waals surface area contributed by atoms with Crippen molar-refractivity contribution in [3.63, 3.8) is 0 Å². The number of carbonyl (C=O) groups is 2. The summed E-state index contributed by atoms with van der Waals surface area (Å²) < 4.78 is 6.67. The van der Waals surface area contributed by atoms with Gasteiger partial charge in [-0.25, -0.2) is 0 Å². The van der Waals surface area contributed by atoms with Gasteiger partial charge in [-0.3, -0.25) is 14.5 Å². The number of aryl methyl sites for hydroxylation is 2. The lowest BCUT2D eigenvalue weighted by molar-refractivity contribution is -0.132. The van der Waals surface area contributed by atoms with Crippen molar-refractivity contribution in [1.29, 1.82) is 0 Å². The van der Waals surface area contributed by atoms with Crippen molar-refractivity contribution >= 4 is 45.7 Å². The molecule has 1 aromatic heterocycles. The Labute approximate surface area is 254 Å². The molecule has 3 aromatic carbocycles. The monoisotopic (exact) mass is 599 g/mol. The number of hydrogen-bond donors (Lipinski definition) is 1. The Kier molecular flexibility index (Phi) is 9.09. The Morgan fingerprint density at radius 1 is 1.00 bits per heavy atom. The summed E-state index contributed by atoms with van der Waals surface area (Å²) in [5, 5.41) is 20.3. The molecule has 1 unspecified atom stereocenters. The first-order valence-electron chi connectivity index (χ1n) is 13.8. The quantitative estimate of drug-likeness (QED) is 0.0663. The van der Waals surface area contributed by atoms with Crippen LogP contribution in [0.5, 0.6) is 5.75 Å². The second-order valence-corrected chi connectivity index (χ2v) is 12.9. The zero-order valence-corrected chi connectivity index (χ0v) is 25.7. The molecule has 0 bridgehead atoms. The van der Waals surface area contributed by atoms with Gasteiger partial charge < -0.3 is 9.84 Å². The number of amides is 1. The van der Waals surface area contributed by atoms with E-state index in [0.717, 1.165) is 17.5 Å². The van der Waals surface area contributed by atoms with Crippen molar-refractivity contribution in [3.05, 3.63) is 106 Å². The van der Waals surface area contributed by atoms with Crippen molar-refractivity contribution in [2.24, 2.45) is 5.92 Å². The van der Waals surface area contributed by atoms with E-state index in [4.69, 9.17) is 4.74 Å². The lowest BCUT2D eigenvalue weighted by Gasteiger charge is -2.23. The van der Waals surface area contributed by atoms with E-state index in [9.17, 15) is 14.7 Å². The molecule has 42 heavy (non-hydrogen) atoms. The van der Waals surface area contributed by atoms with Crippen LogP contribution in [0, 0.1) is 19.8 Å². The summed E-state index contributed by atoms with van der Waals surface area (Å²) in [6.45, 7) is 8.80. The van der Waals surface area contributed by atoms with E-state index >= 15 is 0 Å². The largest absolute Gasteiger partial charge is 0.507 e. The maximum atomic E-state index is 13.6. The molecule has 1 N–H and O–H groups in total. The highest BCUT2D eigenvalue weighted by Gasteiger charge is 2.48. The van der Waals surface area contributed by atoms with E-state index in [2.05, 4.69) is 48.3 Å². The third-order valence-electron chi connectivity index (χ3n) is 6.99. The van der Waals surface area contributed by atoms with Gasteiger partial charge in [-0.2, -0.15) is 0 Å². The van der Waals surface area contributed by atoms with Gasteiger partial charge in [0.15, 0.2) is 4.34 Å². The summed E-state index contributed by atoms with van der Waals surface area (Å²) in [5.74, 6) is 0.0519. The fourth-order valence-electron chi connectivity index (χ4n) is 4.59. The minimum atomic E-state index is -0.900. The SMILES string of the molecule is Cc1ccc(CSc2nnc(N3C(=O)C(=O)/C(=C(/O)c4ccc(C)cc4)C3c3cccc(OCCC(C)C)c3)s2)cc1. The average Bonchev–Trinajstić information content (AvgIpc) is 3.54. The van der Waals surface area contributed by atoms with Crippen LogP contribution in [-0.2, 0) is 15.3 Å². The number of aromatic nitrogens is 2. The second kappa shape index (κ2) is 12.9. The van der Waals surface area contributed by atoms with Gasteiger partial charge in [0.2, 0.25) is 5.13 Å². The predicted molar refractivity (Wildman–Crippen MR) is 168 cm³/mol. The van der Waals surface area contributed by atoms with Crippen LogP contribution in [0.15, 0.2) is 82.7 Å². The van der Waals surface area contributed by atoms with Gasteiger partial charge in [-0.05, 0) is 49.4 Å². The Balaban J connectivity index is 1.52. The Morgan fingerprint density at radius 2 is 1.69 bits per heavy atom. The average molecular weight is 600 g/mol. The molecule has 0 radical (unpaired) electrons. The van der Waals surface area contributed by atoms with E-state index < -0.39 is 17.7 Å². The number of anilines is 1. The molecule has 1 saturated heterocycles. The molecule has 5 rings (SSSR count). The fourth-order valence-corrected chi connectivity index (χ4v) is 6.41. The summed E-state index contributed by atoms with van der Waals surface area (Å²) in [4.78, 5) is 28.5. The number of ketones is 1. The fraction of sp³-hybridized carbons (Fsp3) is 0.273. The molecule has 1 aliphatic rings. The van der Waals surface area contributed by atoms with Crippen molar-refractivity contribution in [2.45, 2.75) is 50.3 Å². The first-order chi connectivity index (χ1) is 20.2. The minimum Gasteiger partial charge on any atom is -0.507 e. The molecule has 7 nitrogen and oxygen atoms in total. The molecule has 216 valence electrons. The third kappa shape index (κ3) is 6.58. The summed E-state index contributed by atoms with van der Waals surface area (Å²) >= 11 is 2.77. The van der Waals surface area contributed by atoms with Gasteiger partial charge in [0.25, 0.3) is 5.78 Å². The molecule has 0 saturated carbocycles. The third-order valence-corrected chi connectivity index (χ3v) is 9.12. The highest BCUT2D eigenvalue weighted by Crippen LogP contribution is 2.44. The van der Waals surface area contributed by atoms with Crippen LogP contribution in [0.3, 0.4) is 0 Å². The molecule has 9 heteroatoms. The smallest absolute Gasteiger partial charge is 0.301 e. The summed E-state index contributed by atoms with van der Waals surface area (Å²) in [6.07, 6.45) is 0.893. The van der Waals surface area contributed by atoms with Gasteiger partial charge in [-0.15, -0.1) is 10.2 Å². The first-order valence-corrected chi connectivity index (χ1v) is 15.6. The number of thioether (sulfide) groups is 1.